The topological polar surface area (TPSA) is 9.23 Å². The largest absolute Gasteiger partial charge is 0.493 e. The Labute approximate surface area is 109 Å². The summed E-state index contributed by atoms with van der Waals surface area (Å²) in [5.74, 6) is 0.682. The molecule has 0 heterocycles. The van der Waals surface area contributed by atoms with Crippen molar-refractivity contribution in [3.63, 3.8) is 0 Å². The molecule has 0 fully saturated rings. The van der Waals surface area contributed by atoms with Crippen LogP contribution in [0.5, 0.6) is 5.75 Å². The minimum atomic E-state index is -0.417. The number of hydrogen-bond acceptors (Lipinski definition) is 1. The summed E-state index contributed by atoms with van der Waals surface area (Å²) in [5, 5.41) is 1.01. The highest BCUT2D eigenvalue weighted by Gasteiger charge is 2.08. The SMILES string of the molecule is CCCC(CBr)COc1ccc(F)c(Cl)c1. The van der Waals surface area contributed by atoms with Crippen LogP contribution in [0, 0.1) is 11.7 Å². The van der Waals surface area contributed by atoms with E-state index in [0.29, 0.717) is 18.3 Å². The number of rotatable bonds is 6. The summed E-state index contributed by atoms with van der Waals surface area (Å²) in [6.07, 6.45) is 2.24. The molecule has 1 aromatic carbocycles. The summed E-state index contributed by atoms with van der Waals surface area (Å²) in [6, 6.07) is 4.42. The molecule has 16 heavy (non-hydrogen) atoms. The Morgan fingerprint density at radius 3 is 2.81 bits per heavy atom. The number of hydrogen-bond donors (Lipinski definition) is 0. The van der Waals surface area contributed by atoms with Crippen molar-refractivity contribution in [2.45, 2.75) is 19.8 Å². The van der Waals surface area contributed by atoms with Crippen molar-refractivity contribution in [1.82, 2.24) is 0 Å². The van der Waals surface area contributed by atoms with Crippen LogP contribution in [0.25, 0.3) is 0 Å². The first kappa shape index (κ1) is 13.8. The van der Waals surface area contributed by atoms with Crippen molar-refractivity contribution in [2.24, 2.45) is 5.92 Å². The molecule has 0 amide bonds. The summed E-state index contributed by atoms with van der Waals surface area (Å²) in [7, 11) is 0. The van der Waals surface area contributed by atoms with E-state index in [-0.39, 0.29) is 5.02 Å². The van der Waals surface area contributed by atoms with E-state index in [1.807, 2.05) is 0 Å². The Bertz CT molecular complexity index is 333. The van der Waals surface area contributed by atoms with Crippen LogP contribution in [0.4, 0.5) is 4.39 Å². The maximum atomic E-state index is 12.9. The monoisotopic (exact) mass is 308 g/mol. The Kier molecular flexibility index (Phi) is 6.14. The Morgan fingerprint density at radius 1 is 1.50 bits per heavy atom. The van der Waals surface area contributed by atoms with Crippen molar-refractivity contribution < 1.29 is 9.13 Å². The highest BCUT2D eigenvalue weighted by atomic mass is 79.9. The van der Waals surface area contributed by atoms with Gasteiger partial charge < -0.3 is 4.74 Å². The van der Waals surface area contributed by atoms with Gasteiger partial charge in [-0.3, -0.25) is 0 Å². The summed E-state index contributed by atoms with van der Waals surface area (Å²) >= 11 is 9.11. The number of benzene rings is 1. The summed E-state index contributed by atoms with van der Waals surface area (Å²) in [6.45, 7) is 2.77. The van der Waals surface area contributed by atoms with E-state index < -0.39 is 5.82 Å². The predicted molar refractivity (Wildman–Crippen MR) is 69.1 cm³/mol. The Hall–Kier alpha value is -0.280. The molecule has 1 aromatic rings. The van der Waals surface area contributed by atoms with Crippen LogP contribution in [0.15, 0.2) is 18.2 Å². The van der Waals surface area contributed by atoms with Crippen LogP contribution in [0.1, 0.15) is 19.8 Å². The molecule has 0 aliphatic carbocycles. The molecule has 0 aliphatic rings. The molecule has 1 atom stereocenters. The lowest BCUT2D eigenvalue weighted by Gasteiger charge is -2.14. The molecule has 1 nitrogen and oxygen atoms in total. The van der Waals surface area contributed by atoms with Gasteiger partial charge in [0.25, 0.3) is 0 Å². The summed E-state index contributed by atoms with van der Waals surface area (Å²) in [4.78, 5) is 0. The standard InChI is InChI=1S/C12H15BrClFO/c1-2-3-9(7-13)8-16-10-4-5-12(15)11(14)6-10/h4-6,9H,2-3,7-8H2,1H3. The van der Waals surface area contributed by atoms with Gasteiger partial charge in [-0.25, -0.2) is 4.39 Å². The molecular weight excluding hydrogens is 294 g/mol. The smallest absolute Gasteiger partial charge is 0.142 e. The molecule has 0 N–H and O–H groups in total. The average Bonchev–Trinajstić information content (AvgIpc) is 2.28. The zero-order valence-electron chi connectivity index (χ0n) is 9.18. The Balaban J connectivity index is 2.50. The molecule has 90 valence electrons. The first-order chi connectivity index (χ1) is 7.67. The highest BCUT2D eigenvalue weighted by molar-refractivity contribution is 9.09. The van der Waals surface area contributed by atoms with Crippen LogP contribution < -0.4 is 4.74 Å². The van der Waals surface area contributed by atoms with Crippen LogP contribution in [0.2, 0.25) is 5.02 Å². The summed E-state index contributed by atoms with van der Waals surface area (Å²) < 4.78 is 18.5. The molecule has 1 rings (SSSR count). The second-order valence-electron chi connectivity index (χ2n) is 3.70. The van der Waals surface area contributed by atoms with Crippen molar-refractivity contribution in [2.75, 3.05) is 11.9 Å². The maximum Gasteiger partial charge on any atom is 0.142 e. The fourth-order valence-electron chi connectivity index (χ4n) is 1.39. The first-order valence-corrected chi connectivity index (χ1v) is 6.81. The molecule has 0 saturated heterocycles. The lowest BCUT2D eigenvalue weighted by Crippen LogP contribution is -2.13. The van der Waals surface area contributed by atoms with E-state index in [9.17, 15) is 4.39 Å². The molecule has 1 unspecified atom stereocenters. The van der Waals surface area contributed by atoms with Gasteiger partial charge in [-0.05, 0) is 18.6 Å². The molecule has 4 heteroatoms. The van der Waals surface area contributed by atoms with Crippen LogP contribution >= 0.6 is 27.5 Å². The van der Waals surface area contributed by atoms with Gasteiger partial charge in [0.05, 0.1) is 11.6 Å². The minimum absolute atomic E-state index is 0.100. The van der Waals surface area contributed by atoms with Gasteiger partial charge in [0.1, 0.15) is 11.6 Å². The van der Waals surface area contributed by atoms with Gasteiger partial charge >= 0.3 is 0 Å². The quantitative estimate of drug-likeness (QED) is 0.694. The van der Waals surface area contributed by atoms with E-state index in [0.717, 1.165) is 18.2 Å². The van der Waals surface area contributed by atoms with Crippen molar-refractivity contribution in [3.8, 4) is 5.75 Å². The van der Waals surface area contributed by atoms with Crippen LogP contribution in [-0.2, 0) is 0 Å². The second kappa shape index (κ2) is 7.13. The molecule has 0 bridgehead atoms. The van der Waals surface area contributed by atoms with Crippen LogP contribution in [0.3, 0.4) is 0 Å². The first-order valence-electron chi connectivity index (χ1n) is 5.31. The molecule has 0 aromatic heterocycles. The zero-order valence-corrected chi connectivity index (χ0v) is 11.5. The van der Waals surface area contributed by atoms with E-state index in [2.05, 4.69) is 22.9 Å². The lowest BCUT2D eigenvalue weighted by atomic mass is 10.1. The lowest BCUT2D eigenvalue weighted by molar-refractivity contribution is 0.255. The third-order valence-corrected chi connectivity index (χ3v) is 3.50. The highest BCUT2D eigenvalue weighted by Crippen LogP contribution is 2.22. The summed E-state index contributed by atoms with van der Waals surface area (Å²) in [5.41, 5.74) is 0. The minimum Gasteiger partial charge on any atom is -0.493 e. The van der Waals surface area contributed by atoms with Gasteiger partial charge in [-0.2, -0.15) is 0 Å². The second-order valence-corrected chi connectivity index (χ2v) is 4.75. The van der Waals surface area contributed by atoms with Crippen LogP contribution in [-0.4, -0.2) is 11.9 Å². The predicted octanol–water partition coefficient (Wildman–Crippen LogP) is 4.67. The van der Waals surface area contributed by atoms with E-state index >= 15 is 0 Å². The third kappa shape index (κ3) is 4.30. The fourth-order valence-corrected chi connectivity index (χ4v) is 2.08. The molecule has 0 radical (unpaired) electrons. The van der Waals surface area contributed by atoms with Crippen molar-refractivity contribution in [3.05, 3.63) is 29.0 Å². The third-order valence-electron chi connectivity index (χ3n) is 2.29. The fraction of sp³-hybridized carbons (Fsp3) is 0.500. The van der Waals surface area contributed by atoms with E-state index in [1.54, 1.807) is 6.07 Å². The molecule has 0 saturated carbocycles. The number of halogens is 3. The molecular formula is C12H15BrClFO. The maximum absolute atomic E-state index is 12.9. The van der Waals surface area contributed by atoms with E-state index in [1.165, 1.54) is 12.1 Å². The van der Waals surface area contributed by atoms with Gasteiger partial charge in [0.2, 0.25) is 0 Å². The van der Waals surface area contributed by atoms with Gasteiger partial charge in [-0.1, -0.05) is 40.9 Å². The van der Waals surface area contributed by atoms with Crippen molar-refractivity contribution in [1.29, 1.82) is 0 Å². The molecule has 0 spiro atoms. The van der Waals surface area contributed by atoms with Gasteiger partial charge in [-0.15, -0.1) is 0 Å². The van der Waals surface area contributed by atoms with E-state index in [4.69, 9.17) is 16.3 Å². The van der Waals surface area contributed by atoms with Crippen molar-refractivity contribution >= 4 is 27.5 Å². The molecule has 0 aliphatic heterocycles. The normalized spacial score (nSPS) is 12.5. The van der Waals surface area contributed by atoms with Gasteiger partial charge in [0, 0.05) is 17.3 Å². The number of ether oxygens (including phenoxy) is 1. The van der Waals surface area contributed by atoms with Gasteiger partial charge in [0.15, 0.2) is 0 Å². The zero-order chi connectivity index (χ0) is 12.0. The average molecular weight is 310 g/mol. The Morgan fingerprint density at radius 2 is 2.25 bits per heavy atom. The number of alkyl halides is 1.